The molecule has 0 aliphatic carbocycles. The van der Waals surface area contributed by atoms with Crippen molar-refractivity contribution in [2.24, 2.45) is 0 Å². The summed E-state index contributed by atoms with van der Waals surface area (Å²) >= 11 is 1.52. The number of rotatable bonds is 3. The van der Waals surface area contributed by atoms with Gasteiger partial charge in [0.1, 0.15) is 17.4 Å². The number of nitrogens with one attached hydrogen (secondary N) is 1. The van der Waals surface area contributed by atoms with Gasteiger partial charge in [0.25, 0.3) is 5.91 Å². The Morgan fingerprint density at radius 2 is 1.74 bits per heavy atom. The summed E-state index contributed by atoms with van der Waals surface area (Å²) in [5.41, 5.74) is -1.12. The fraction of sp³-hybridized carbons (Fsp3) is 0.136. The highest BCUT2D eigenvalue weighted by Gasteiger charge is 2.32. The molecule has 1 aliphatic heterocycles. The first-order valence-corrected chi connectivity index (χ1v) is 10.1. The molecular formula is C22H14F5NO2S. The van der Waals surface area contributed by atoms with E-state index in [1.807, 2.05) is 0 Å². The number of halogens is 5. The van der Waals surface area contributed by atoms with E-state index in [0.29, 0.717) is 24.1 Å². The number of amides is 1. The maximum Gasteiger partial charge on any atom is 0.416 e. The molecule has 0 spiro atoms. The summed E-state index contributed by atoms with van der Waals surface area (Å²) in [5.74, 6) is -2.18. The van der Waals surface area contributed by atoms with Crippen molar-refractivity contribution in [1.82, 2.24) is 0 Å². The van der Waals surface area contributed by atoms with Crippen LogP contribution in [-0.2, 0) is 12.6 Å². The lowest BCUT2D eigenvalue weighted by molar-refractivity contribution is -0.137. The number of phenols is 1. The van der Waals surface area contributed by atoms with E-state index in [2.05, 4.69) is 5.32 Å². The van der Waals surface area contributed by atoms with Crippen molar-refractivity contribution in [2.45, 2.75) is 17.5 Å². The average Bonchev–Trinajstić information content (AvgIpc) is 3.17. The van der Waals surface area contributed by atoms with E-state index in [9.17, 15) is 31.9 Å². The summed E-state index contributed by atoms with van der Waals surface area (Å²) in [6.07, 6.45) is -4.14. The van der Waals surface area contributed by atoms with Gasteiger partial charge in [0, 0.05) is 39.1 Å². The summed E-state index contributed by atoms with van der Waals surface area (Å²) in [6.45, 7) is 0. The molecule has 0 atom stereocenters. The Morgan fingerprint density at radius 1 is 1.00 bits per heavy atom. The third kappa shape index (κ3) is 4.10. The van der Waals surface area contributed by atoms with Gasteiger partial charge in [-0.2, -0.15) is 13.2 Å². The number of carbonyl (C=O) groups is 1. The maximum absolute atomic E-state index is 14.3. The number of hydrogen-bond acceptors (Lipinski definition) is 3. The van der Waals surface area contributed by atoms with Crippen LogP contribution >= 0.6 is 11.8 Å². The number of benzene rings is 3. The predicted octanol–water partition coefficient (Wildman–Crippen LogP) is 6.26. The first kappa shape index (κ1) is 21.2. The first-order chi connectivity index (χ1) is 14.6. The fourth-order valence-corrected chi connectivity index (χ4v) is 4.46. The topological polar surface area (TPSA) is 49.3 Å². The summed E-state index contributed by atoms with van der Waals surface area (Å²) in [7, 11) is 0. The molecule has 3 aromatic rings. The second-order valence-electron chi connectivity index (χ2n) is 6.87. The van der Waals surface area contributed by atoms with Gasteiger partial charge < -0.3 is 10.4 Å². The molecule has 0 radical (unpaired) electrons. The summed E-state index contributed by atoms with van der Waals surface area (Å²) in [6, 6.07) is 8.12. The van der Waals surface area contributed by atoms with Crippen LogP contribution in [0.2, 0.25) is 0 Å². The molecule has 9 heteroatoms. The zero-order valence-electron chi connectivity index (χ0n) is 15.7. The van der Waals surface area contributed by atoms with Crippen LogP contribution in [0.5, 0.6) is 5.75 Å². The Labute approximate surface area is 177 Å². The lowest BCUT2D eigenvalue weighted by Gasteiger charge is -2.16. The molecule has 1 aliphatic rings. The molecule has 0 unspecified atom stereocenters. The van der Waals surface area contributed by atoms with Crippen LogP contribution < -0.4 is 5.32 Å². The summed E-state index contributed by atoms with van der Waals surface area (Å²) in [5, 5.41) is 12.8. The van der Waals surface area contributed by atoms with Crippen molar-refractivity contribution in [3.05, 3.63) is 76.9 Å². The number of alkyl halides is 3. The molecule has 0 fully saturated rings. The molecule has 160 valence electrons. The van der Waals surface area contributed by atoms with Crippen molar-refractivity contribution in [2.75, 3.05) is 11.1 Å². The number of aromatic hydroxyl groups is 1. The van der Waals surface area contributed by atoms with Gasteiger partial charge in [-0.1, -0.05) is 6.07 Å². The van der Waals surface area contributed by atoms with Gasteiger partial charge in [0.15, 0.2) is 0 Å². The highest BCUT2D eigenvalue weighted by molar-refractivity contribution is 7.99. The number of phenolic OH excluding ortho intramolecular Hbond substituents is 1. The molecule has 0 saturated carbocycles. The van der Waals surface area contributed by atoms with Crippen molar-refractivity contribution in [1.29, 1.82) is 0 Å². The number of carbonyl (C=O) groups excluding carboxylic acids is 1. The molecule has 31 heavy (non-hydrogen) atoms. The van der Waals surface area contributed by atoms with Crippen LogP contribution in [0.25, 0.3) is 11.1 Å². The van der Waals surface area contributed by atoms with Gasteiger partial charge in [-0.15, -0.1) is 11.8 Å². The van der Waals surface area contributed by atoms with Crippen molar-refractivity contribution < 1.29 is 31.9 Å². The van der Waals surface area contributed by atoms with Gasteiger partial charge in [0.2, 0.25) is 0 Å². The zero-order valence-corrected chi connectivity index (χ0v) is 16.5. The quantitative estimate of drug-likeness (QED) is 0.463. The highest BCUT2D eigenvalue weighted by Crippen LogP contribution is 2.40. The Kier molecular flexibility index (Phi) is 5.38. The van der Waals surface area contributed by atoms with Crippen molar-refractivity contribution in [3.63, 3.8) is 0 Å². The second-order valence-corrected chi connectivity index (χ2v) is 8.01. The zero-order chi connectivity index (χ0) is 22.3. The molecule has 3 nitrogen and oxygen atoms in total. The van der Waals surface area contributed by atoms with E-state index in [0.717, 1.165) is 34.9 Å². The lowest BCUT2D eigenvalue weighted by Crippen LogP contribution is -2.15. The van der Waals surface area contributed by atoms with Crippen molar-refractivity contribution in [3.8, 4) is 16.9 Å². The molecule has 3 aromatic carbocycles. The average molecular weight is 451 g/mol. The largest absolute Gasteiger partial charge is 0.507 e. The molecule has 0 saturated heterocycles. The molecule has 2 N–H and O–H groups in total. The standard InChI is InChI=1S/C22H14F5NO2S/c23-12-2-4-13(17(24)10-12)14-3-1-11(22(25,26)27)9-18(14)28-21(30)16-5-6-19-15(20(16)29)7-8-31-19/h1-6,9-10,29H,7-8H2,(H,28,30). The van der Waals surface area contributed by atoms with Crippen LogP contribution in [0.4, 0.5) is 27.6 Å². The summed E-state index contributed by atoms with van der Waals surface area (Å²) in [4.78, 5) is 13.6. The third-order valence-electron chi connectivity index (χ3n) is 4.91. The van der Waals surface area contributed by atoms with E-state index >= 15 is 0 Å². The minimum absolute atomic E-state index is 0.0601. The monoisotopic (exact) mass is 451 g/mol. The first-order valence-electron chi connectivity index (χ1n) is 9.11. The Hall–Kier alpha value is -3.07. The smallest absolute Gasteiger partial charge is 0.416 e. The van der Waals surface area contributed by atoms with Gasteiger partial charge in [-0.3, -0.25) is 4.79 Å². The predicted molar refractivity (Wildman–Crippen MR) is 107 cm³/mol. The third-order valence-corrected chi connectivity index (χ3v) is 6.01. The van der Waals surface area contributed by atoms with Gasteiger partial charge >= 0.3 is 6.18 Å². The van der Waals surface area contributed by atoms with E-state index in [4.69, 9.17) is 0 Å². The van der Waals surface area contributed by atoms with Crippen LogP contribution in [-0.4, -0.2) is 16.8 Å². The van der Waals surface area contributed by atoms with E-state index in [-0.39, 0.29) is 28.1 Å². The number of fused-ring (bicyclic) bond motifs is 1. The van der Waals surface area contributed by atoms with Gasteiger partial charge in [-0.25, -0.2) is 8.78 Å². The second kappa shape index (κ2) is 7.88. The van der Waals surface area contributed by atoms with Crippen LogP contribution in [0, 0.1) is 11.6 Å². The molecular weight excluding hydrogens is 437 g/mol. The minimum Gasteiger partial charge on any atom is -0.507 e. The van der Waals surface area contributed by atoms with E-state index < -0.39 is 29.3 Å². The lowest BCUT2D eigenvalue weighted by atomic mass is 9.99. The SMILES string of the molecule is O=C(Nc1cc(C(F)(F)F)ccc1-c1ccc(F)cc1F)c1ccc2c(c1O)CCS2. The Balaban J connectivity index is 1.78. The normalized spacial score (nSPS) is 13.2. The van der Waals surface area contributed by atoms with Gasteiger partial charge in [-0.05, 0) is 42.8 Å². The molecule has 0 aromatic heterocycles. The van der Waals surface area contributed by atoms with E-state index in [1.54, 1.807) is 6.07 Å². The molecule has 4 rings (SSSR count). The van der Waals surface area contributed by atoms with Crippen molar-refractivity contribution >= 4 is 23.4 Å². The minimum atomic E-state index is -4.70. The molecule has 1 heterocycles. The highest BCUT2D eigenvalue weighted by atomic mass is 32.2. The number of thioether (sulfide) groups is 1. The van der Waals surface area contributed by atoms with Crippen LogP contribution in [0.3, 0.4) is 0 Å². The van der Waals surface area contributed by atoms with E-state index in [1.165, 1.54) is 17.8 Å². The van der Waals surface area contributed by atoms with Crippen LogP contribution in [0.15, 0.2) is 53.4 Å². The van der Waals surface area contributed by atoms with Gasteiger partial charge in [0.05, 0.1) is 11.1 Å². The number of anilines is 1. The fourth-order valence-electron chi connectivity index (χ4n) is 3.40. The molecule has 1 amide bonds. The Morgan fingerprint density at radius 3 is 2.45 bits per heavy atom. The maximum atomic E-state index is 14.3. The van der Waals surface area contributed by atoms with Crippen LogP contribution in [0.1, 0.15) is 21.5 Å². The Bertz CT molecular complexity index is 1190. The number of hydrogen-bond donors (Lipinski definition) is 2. The molecule has 0 bridgehead atoms. The summed E-state index contributed by atoms with van der Waals surface area (Å²) < 4.78 is 67.3.